The van der Waals surface area contributed by atoms with Crippen molar-refractivity contribution in [2.45, 2.75) is 0 Å². The van der Waals surface area contributed by atoms with Crippen molar-refractivity contribution in [1.82, 2.24) is 9.78 Å². The van der Waals surface area contributed by atoms with Gasteiger partial charge in [0.15, 0.2) is 0 Å². The number of hydrogen-bond acceptors (Lipinski definition) is 3. The van der Waals surface area contributed by atoms with Crippen LogP contribution in [0.2, 0.25) is 0 Å². The molecule has 2 heterocycles. The topological polar surface area (TPSA) is 43.8 Å². The van der Waals surface area contributed by atoms with Crippen molar-refractivity contribution < 1.29 is 0 Å². The Bertz CT molecular complexity index is 432. The molecule has 0 aromatic carbocycles. The number of hydrogen-bond donors (Lipinski definition) is 1. The zero-order valence-electron chi connectivity index (χ0n) is 6.99. The van der Waals surface area contributed by atoms with Crippen LogP contribution in [0.4, 0.5) is 5.69 Å². The van der Waals surface area contributed by atoms with Crippen LogP contribution in [0.3, 0.4) is 0 Å². The molecule has 2 rings (SSSR count). The molecule has 2 aromatic rings. The molecule has 0 aliphatic rings. The Kier molecular flexibility index (Phi) is 2.13. The molecule has 0 saturated carbocycles. The molecule has 2 N–H and O–H groups in total. The van der Waals surface area contributed by atoms with Crippen molar-refractivity contribution in [1.29, 1.82) is 0 Å². The fourth-order valence-corrected chi connectivity index (χ4v) is 2.38. The van der Waals surface area contributed by atoms with E-state index in [2.05, 4.69) is 21.0 Å². The van der Waals surface area contributed by atoms with E-state index in [4.69, 9.17) is 5.73 Å². The zero-order valence-corrected chi connectivity index (χ0v) is 9.39. The molecule has 5 heteroatoms. The van der Waals surface area contributed by atoms with Gasteiger partial charge in [-0.1, -0.05) is 0 Å². The molecule has 0 aliphatic carbocycles. The van der Waals surface area contributed by atoms with Crippen molar-refractivity contribution in [3.8, 4) is 11.3 Å². The molecule has 3 nitrogen and oxygen atoms in total. The smallest absolute Gasteiger partial charge is 0.0934 e. The largest absolute Gasteiger partial charge is 0.397 e. The van der Waals surface area contributed by atoms with Crippen molar-refractivity contribution in [2.75, 3.05) is 5.73 Å². The normalized spacial score (nSPS) is 10.6. The van der Waals surface area contributed by atoms with Gasteiger partial charge >= 0.3 is 0 Å². The summed E-state index contributed by atoms with van der Waals surface area (Å²) in [5.41, 5.74) is 8.75. The van der Waals surface area contributed by atoms with Crippen molar-refractivity contribution in [3.05, 3.63) is 21.4 Å². The van der Waals surface area contributed by atoms with Crippen LogP contribution in [0.1, 0.15) is 0 Å². The maximum Gasteiger partial charge on any atom is 0.0934 e. The Hall–Kier alpha value is -0.810. The first-order chi connectivity index (χ1) is 6.20. The number of anilines is 1. The fourth-order valence-electron chi connectivity index (χ4n) is 1.18. The Morgan fingerprint density at radius 1 is 1.62 bits per heavy atom. The summed E-state index contributed by atoms with van der Waals surface area (Å²) < 4.78 is 2.79. The van der Waals surface area contributed by atoms with E-state index in [9.17, 15) is 0 Å². The minimum absolute atomic E-state index is 0.786. The van der Waals surface area contributed by atoms with Crippen LogP contribution in [0, 0.1) is 0 Å². The van der Waals surface area contributed by atoms with Gasteiger partial charge in [0.05, 0.1) is 15.2 Å². The number of aryl methyl sites for hydroxylation is 1. The first-order valence-electron chi connectivity index (χ1n) is 3.71. The lowest BCUT2D eigenvalue weighted by Crippen LogP contribution is -1.94. The van der Waals surface area contributed by atoms with Crippen molar-refractivity contribution >= 4 is 33.0 Å². The summed E-state index contributed by atoms with van der Waals surface area (Å²) in [6.45, 7) is 0. The number of nitrogens with two attached hydrogens (primary N) is 1. The third kappa shape index (κ3) is 1.38. The highest BCUT2D eigenvalue weighted by Crippen LogP contribution is 2.36. The molecule has 0 fully saturated rings. The van der Waals surface area contributed by atoms with Gasteiger partial charge in [0, 0.05) is 24.2 Å². The third-order valence-corrected chi connectivity index (χ3v) is 3.65. The minimum atomic E-state index is 0.786. The fraction of sp³-hybridized carbons (Fsp3) is 0.125. The summed E-state index contributed by atoms with van der Waals surface area (Å²) in [5, 5.41) is 6.12. The molecular formula is C8H8BrN3S. The predicted octanol–water partition coefficient (Wildman–Crippen LogP) is 2.49. The molecule has 0 bridgehead atoms. The molecule has 0 saturated heterocycles. The van der Waals surface area contributed by atoms with Gasteiger partial charge in [-0.3, -0.25) is 4.68 Å². The summed E-state index contributed by atoms with van der Waals surface area (Å²) in [4.78, 5) is 0. The third-order valence-electron chi connectivity index (χ3n) is 1.88. The summed E-state index contributed by atoms with van der Waals surface area (Å²) in [6, 6.07) is 1.95. The van der Waals surface area contributed by atoms with Crippen LogP contribution >= 0.6 is 27.3 Å². The Labute approximate surface area is 88.3 Å². The lowest BCUT2D eigenvalue weighted by Gasteiger charge is -1.99. The van der Waals surface area contributed by atoms with E-state index in [0.717, 1.165) is 20.7 Å². The standard InChI is InChI=1S/C8H8BrN3S/c1-12-6(2-3-11-12)5-4-13-8(9)7(5)10/h2-4H,10H2,1H3. The Morgan fingerprint density at radius 3 is 2.85 bits per heavy atom. The van der Waals surface area contributed by atoms with Crippen LogP contribution in [0.25, 0.3) is 11.3 Å². The molecule has 13 heavy (non-hydrogen) atoms. The first-order valence-corrected chi connectivity index (χ1v) is 5.38. The number of rotatable bonds is 1. The maximum absolute atomic E-state index is 5.89. The van der Waals surface area contributed by atoms with Gasteiger partial charge in [0.1, 0.15) is 0 Å². The minimum Gasteiger partial charge on any atom is -0.397 e. The molecule has 68 valence electrons. The van der Waals surface area contributed by atoms with E-state index in [1.807, 2.05) is 23.2 Å². The molecule has 0 amide bonds. The van der Waals surface area contributed by atoms with Gasteiger partial charge in [0.2, 0.25) is 0 Å². The molecule has 0 radical (unpaired) electrons. The predicted molar refractivity (Wildman–Crippen MR) is 58.6 cm³/mol. The first kappa shape index (κ1) is 8.77. The summed E-state index contributed by atoms with van der Waals surface area (Å²) in [7, 11) is 1.90. The van der Waals surface area contributed by atoms with Gasteiger partial charge in [-0.05, 0) is 22.0 Å². The highest BCUT2D eigenvalue weighted by Gasteiger charge is 2.10. The van der Waals surface area contributed by atoms with E-state index in [1.165, 1.54) is 0 Å². The number of thiophene rings is 1. The molecule has 0 unspecified atom stereocenters. The quantitative estimate of drug-likeness (QED) is 0.854. The summed E-state index contributed by atoms with van der Waals surface area (Å²) in [5.74, 6) is 0. The lowest BCUT2D eigenvalue weighted by atomic mass is 10.2. The van der Waals surface area contributed by atoms with Gasteiger partial charge in [-0.15, -0.1) is 11.3 Å². The molecule has 0 aliphatic heterocycles. The van der Waals surface area contributed by atoms with Crippen molar-refractivity contribution in [3.63, 3.8) is 0 Å². The Balaban J connectivity index is 2.59. The SMILES string of the molecule is Cn1nccc1-c1csc(Br)c1N. The second-order valence-electron chi connectivity index (χ2n) is 2.68. The second-order valence-corrected chi connectivity index (χ2v) is 4.87. The highest BCUT2D eigenvalue weighted by atomic mass is 79.9. The second kappa shape index (κ2) is 3.16. The highest BCUT2D eigenvalue weighted by molar-refractivity contribution is 9.11. The number of nitrogen functional groups attached to an aromatic ring is 1. The lowest BCUT2D eigenvalue weighted by molar-refractivity contribution is 0.776. The van der Waals surface area contributed by atoms with Gasteiger partial charge in [-0.25, -0.2) is 0 Å². The monoisotopic (exact) mass is 257 g/mol. The van der Waals surface area contributed by atoms with Crippen LogP contribution in [0.15, 0.2) is 21.4 Å². The average Bonchev–Trinajstić information content (AvgIpc) is 2.62. The van der Waals surface area contributed by atoms with Crippen molar-refractivity contribution in [2.24, 2.45) is 7.05 Å². The van der Waals surface area contributed by atoms with Gasteiger partial charge < -0.3 is 5.73 Å². The maximum atomic E-state index is 5.89. The van der Waals surface area contributed by atoms with Crippen LogP contribution in [-0.4, -0.2) is 9.78 Å². The summed E-state index contributed by atoms with van der Waals surface area (Å²) >= 11 is 4.98. The van der Waals surface area contributed by atoms with Gasteiger partial charge in [-0.2, -0.15) is 5.10 Å². The van der Waals surface area contributed by atoms with Crippen LogP contribution in [-0.2, 0) is 7.05 Å². The van der Waals surface area contributed by atoms with E-state index >= 15 is 0 Å². The number of aromatic nitrogens is 2. The zero-order chi connectivity index (χ0) is 9.42. The average molecular weight is 258 g/mol. The summed E-state index contributed by atoms with van der Waals surface area (Å²) in [6.07, 6.45) is 1.76. The molecule has 2 aromatic heterocycles. The molecular weight excluding hydrogens is 250 g/mol. The molecule has 0 spiro atoms. The van der Waals surface area contributed by atoms with E-state index in [0.29, 0.717) is 0 Å². The molecule has 0 atom stereocenters. The Morgan fingerprint density at radius 2 is 2.38 bits per heavy atom. The van der Waals surface area contributed by atoms with Crippen LogP contribution < -0.4 is 5.73 Å². The van der Waals surface area contributed by atoms with E-state index in [-0.39, 0.29) is 0 Å². The van der Waals surface area contributed by atoms with E-state index in [1.54, 1.807) is 17.5 Å². The van der Waals surface area contributed by atoms with Gasteiger partial charge in [0.25, 0.3) is 0 Å². The van der Waals surface area contributed by atoms with Crippen LogP contribution in [0.5, 0.6) is 0 Å². The number of nitrogens with zero attached hydrogens (tertiary/aromatic N) is 2. The van der Waals surface area contributed by atoms with E-state index < -0.39 is 0 Å². The number of halogens is 1.